The van der Waals surface area contributed by atoms with Gasteiger partial charge in [0.15, 0.2) is 0 Å². The average molecular weight is 247 g/mol. The maximum Gasteiger partial charge on any atom is 0.254 e. The van der Waals surface area contributed by atoms with Crippen LogP contribution in [0.25, 0.3) is 0 Å². The van der Waals surface area contributed by atoms with Crippen LogP contribution in [0.1, 0.15) is 42.2 Å². The van der Waals surface area contributed by atoms with Crippen LogP contribution in [0.15, 0.2) is 12.1 Å². The Kier molecular flexibility index (Phi) is 3.84. The van der Waals surface area contributed by atoms with E-state index in [1.807, 2.05) is 38.1 Å². The average Bonchev–Trinajstić information content (AvgIpc) is 2.34. The van der Waals surface area contributed by atoms with Gasteiger partial charge in [0, 0.05) is 31.4 Å². The molecule has 1 N–H and O–H groups in total. The zero-order valence-corrected chi connectivity index (χ0v) is 11.4. The summed E-state index contributed by atoms with van der Waals surface area (Å²) in [6.45, 7) is 2.05. The Balaban J connectivity index is 2.22. The first-order valence-electron chi connectivity index (χ1n) is 6.61. The van der Waals surface area contributed by atoms with E-state index in [4.69, 9.17) is 0 Å². The summed E-state index contributed by atoms with van der Waals surface area (Å²) in [6.07, 6.45) is 4.34. The van der Waals surface area contributed by atoms with Crippen LogP contribution in [0.2, 0.25) is 0 Å². The van der Waals surface area contributed by atoms with Gasteiger partial charge in [-0.05, 0) is 37.8 Å². The summed E-state index contributed by atoms with van der Waals surface area (Å²) in [4.78, 5) is 18.7. The van der Waals surface area contributed by atoms with E-state index in [1.54, 1.807) is 0 Å². The van der Waals surface area contributed by atoms with Crippen molar-refractivity contribution in [1.29, 1.82) is 0 Å². The lowest BCUT2D eigenvalue weighted by atomic mass is 9.91. The van der Waals surface area contributed by atoms with Crippen molar-refractivity contribution in [2.24, 2.45) is 0 Å². The van der Waals surface area contributed by atoms with Crippen molar-refractivity contribution in [3.63, 3.8) is 0 Å². The second kappa shape index (κ2) is 5.38. The molecule has 0 atom stereocenters. The Hall–Kier alpha value is -1.58. The summed E-state index contributed by atoms with van der Waals surface area (Å²) < 4.78 is 0. The Bertz CT molecular complexity index is 418. The Morgan fingerprint density at radius 1 is 1.50 bits per heavy atom. The molecule has 0 radical (unpaired) electrons. The monoisotopic (exact) mass is 247 g/mol. The van der Waals surface area contributed by atoms with Gasteiger partial charge < -0.3 is 10.2 Å². The number of nitrogens with zero attached hydrogens (tertiary/aromatic N) is 2. The standard InChI is InChI=1S/C14H21N3O/c1-4-11-8-10(9-13(15-2)16-11)14(18)17(3)12-6-5-7-12/h8-9,12H,4-7H2,1-3H3,(H,15,16). The van der Waals surface area contributed by atoms with Crippen LogP contribution in [0, 0.1) is 0 Å². The Labute approximate surface area is 108 Å². The van der Waals surface area contributed by atoms with Gasteiger partial charge in [0.2, 0.25) is 0 Å². The largest absolute Gasteiger partial charge is 0.373 e. The van der Waals surface area contributed by atoms with Gasteiger partial charge in [-0.3, -0.25) is 4.79 Å². The van der Waals surface area contributed by atoms with E-state index in [0.29, 0.717) is 6.04 Å². The zero-order chi connectivity index (χ0) is 13.1. The molecule has 98 valence electrons. The molecular formula is C14H21N3O. The minimum absolute atomic E-state index is 0.105. The maximum absolute atomic E-state index is 12.4. The normalized spacial score (nSPS) is 15.1. The fraction of sp³-hybridized carbons (Fsp3) is 0.571. The number of anilines is 1. The molecule has 0 unspecified atom stereocenters. The van der Waals surface area contributed by atoms with Gasteiger partial charge >= 0.3 is 0 Å². The molecule has 1 heterocycles. The Morgan fingerprint density at radius 3 is 2.72 bits per heavy atom. The molecule has 1 aromatic heterocycles. The number of aryl methyl sites for hydroxylation is 1. The molecule has 4 nitrogen and oxygen atoms in total. The summed E-state index contributed by atoms with van der Waals surface area (Å²) in [5.74, 6) is 0.869. The molecule has 1 aliphatic rings. The molecule has 0 bridgehead atoms. The molecule has 4 heteroatoms. The van der Waals surface area contributed by atoms with Gasteiger partial charge in [0.25, 0.3) is 5.91 Å². The van der Waals surface area contributed by atoms with E-state index >= 15 is 0 Å². The smallest absolute Gasteiger partial charge is 0.254 e. The highest BCUT2D eigenvalue weighted by molar-refractivity contribution is 5.95. The van der Waals surface area contributed by atoms with Crippen LogP contribution in [0.4, 0.5) is 5.82 Å². The number of amides is 1. The van der Waals surface area contributed by atoms with Crippen molar-refractivity contribution in [1.82, 2.24) is 9.88 Å². The van der Waals surface area contributed by atoms with E-state index < -0.39 is 0 Å². The molecule has 1 saturated carbocycles. The molecule has 0 aliphatic heterocycles. The van der Waals surface area contributed by atoms with Crippen molar-refractivity contribution in [2.75, 3.05) is 19.4 Å². The second-order valence-electron chi connectivity index (χ2n) is 4.84. The van der Waals surface area contributed by atoms with E-state index in [2.05, 4.69) is 10.3 Å². The molecule has 1 aromatic rings. The first-order valence-corrected chi connectivity index (χ1v) is 6.61. The molecule has 2 rings (SSSR count). The molecule has 0 saturated heterocycles. The van der Waals surface area contributed by atoms with Crippen LogP contribution < -0.4 is 5.32 Å². The van der Waals surface area contributed by atoms with Gasteiger partial charge in [0.1, 0.15) is 5.82 Å². The predicted octanol–water partition coefficient (Wildman–Crippen LogP) is 2.31. The third kappa shape index (κ3) is 2.47. The van der Waals surface area contributed by atoms with Crippen LogP contribution in [0.5, 0.6) is 0 Å². The number of rotatable bonds is 4. The minimum atomic E-state index is 0.105. The number of hydrogen-bond donors (Lipinski definition) is 1. The van der Waals surface area contributed by atoms with Crippen molar-refractivity contribution in [3.8, 4) is 0 Å². The van der Waals surface area contributed by atoms with Crippen molar-refractivity contribution in [3.05, 3.63) is 23.4 Å². The van der Waals surface area contributed by atoms with Crippen molar-refractivity contribution in [2.45, 2.75) is 38.6 Å². The second-order valence-corrected chi connectivity index (χ2v) is 4.84. The molecule has 1 amide bonds. The first kappa shape index (κ1) is 12.9. The number of pyridine rings is 1. The highest BCUT2D eigenvalue weighted by Gasteiger charge is 2.26. The SMILES string of the molecule is CCc1cc(C(=O)N(C)C2CCC2)cc(NC)n1. The molecule has 1 aliphatic carbocycles. The fourth-order valence-electron chi connectivity index (χ4n) is 2.16. The van der Waals surface area contributed by atoms with Crippen LogP contribution >= 0.6 is 0 Å². The molecule has 18 heavy (non-hydrogen) atoms. The van der Waals surface area contributed by atoms with E-state index in [-0.39, 0.29) is 5.91 Å². The van der Waals surface area contributed by atoms with Gasteiger partial charge in [-0.15, -0.1) is 0 Å². The summed E-state index contributed by atoms with van der Waals surface area (Å²) >= 11 is 0. The summed E-state index contributed by atoms with van der Waals surface area (Å²) in [5.41, 5.74) is 1.69. The van der Waals surface area contributed by atoms with Gasteiger partial charge in [0.05, 0.1) is 0 Å². The lowest BCUT2D eigenvalue weighted by Crippen LogP contribution is -2.41. The van der Waals surface area contributed by atoms with Crippen LogP contribution in [-0.2, 0) is 6.42 Å². The lowest BCUT2D eigenvalue weighted by Gasteiger charge is -2.34. The van der Waals surface area contributed by atoms with Gasteiger partial charge in [-0.1, -0.05) is 6.92 Å². The summed E-state index contributed by atoms with van der Waals surface area (Å²) in [5, 5.41) is 3.01. The summed E-state index contributed by atoms with van der Waals surface area (Å²) in [7, 11) is 3.73. The van der Waals surface area contributed by atoms with Gasteiger partial charge in [-0.2, -0.15) is 0 Å². The molecule has 0 spiro atoms. The Morgan fingerprint density at radius 2 is 2.22 bits per heavy atom. The maximum atomic E-state index is 12.4. The number of aromatic nitrogens is 1. The van der Waals surface area contributed by atoms with Crippen LogP contribution in [0.3, 0.4) is 0 Å². The topological polar surface area (TPSA) is 45.2 Å². The number of carbonyl (C=O) groups is 1. The highest BCUT2D eigenvalue weighted by atomic mass is 16.2. The first-order chi connectivity index (χ1) is 8.65. The summed E-state index contributed by atoms with van der Waals surface area (Å²) in [6, 6.07) is 4.16. The fourth-order valence-corrected chi connectivity index (χ4v) is 2.16. The zero-order valence-electron chi connectivity index (χ0n) is 11.4. The highest BCUT2D eigenvalue weighted by Crippen LogP contribution is 2.25. The minimum Gasteiger partial charge on any atom is -0.373 e. The molecule has 1 fully saturated rings. The quantitative estimate of drug-likeness (QED) is 0.888. The van der Waals surface area contributed by atoms with Crippen molar-refractivity contribution < 1.29 is 4.79 Å². The van der Waals surface area contributed by atoms with Crippen molar-refractivity contribution >= 4 is 11.7 Å². The predicted molar refractivity (Wildman–Crippen MR) is 72.9 cm³/mol. The van der Waals surface area contributed by atoms with E-state index in [0.717, 1.165) is 36.3 Å². The molecule has 0 aromatic carbocycles. The van der Waals surface area contributed by atoms with E-state index in [1.165, 1.54) is 6.42 Å². The number of hydrogen-bond acceptors (Lipinski definition) is 3. The van der Waals surface area contributed by atoms with Gasteiger partial charge in [-0.25, -0.2) is 4.98 Å². The number of nitrogens with one attached hydrogen (secondary N) is 1. The lowest BCUT2D eigenvalue weighted by molar-refractivity contribution is 0.0652. The third-order valence-corrected chi connectivity index (χ3v) is 3.69. The molecular weight excluding hydrogens is 226 g/mol. The van der Waals surface area contributed by atoms with Crippen LogP contribution in [-0.4, -0.2) is 35.9 Å². The third-order valence-electron chi connectivity index (χ3n) is 3.69. The number of carbonyl (C=O) groups excluding carboxylic acids is 1. The van der Waals surface area contributed by atoms with E-state index in [9.17, 15) is 4.79 Å².